The van der Waals surface area contributed by atoms with Crippen LogP contribution in [-0.4, -0.2) is 13.1 Å². The quantitative estimate of drug-likeness (QED) is 0.664. The largest absolute Gasteiger partial charge is 0.372 e. The van der Waals surface area contributed by atoms with E-state index in [9.17, 15) is 0 Å². The first kappa shape index (κ1) is 8.89. The topological polar surface area (TPSA) is 3.24 Å². The smallest absolute Gasteiger partial charge is 0.0407 e. The molecular formula is C11H13ClN. The first-order valence-corrected chi connectivity index (χ1v) is 5.06. The molecular weight excluding hydrogens is 182 g/mol. The second-order valence-electron chi connectivity index (χ2n) is 3.33. The highest BCUT2D eigenvalue weighted by Gasteiger charge is 2.09. The minimum Gasteiger partial charge on any atom is -0.372 e. The van der Waals surface area contributed by atoms with Crippen molar-refractivity contribution in [2.75, 3.05) is 18.0 Å². The summed E-state index contributed by atoms with van der Waals surface area (Å²) >= 11 is 5.83. The summed E-state index contributed by atoms with van der Waals surface area (Å²) in [5.41, 5.74) is 1.29. The molecule has 1 aromatic carbocycles. The molecule has 0 aromatic heterocycles. The summed E-state index contributed by atoms with van der Waals surface area (Å²) < 4.78 is 0. The molecule has 0 bridgehead atoms. The van der Waals surface area contributed by atoms with Crippen molar-refractivity contribution in [3.05, 3.63) is 35.7 Å². The summed E-state index contributed by atoms with van der Waals surface area (Å²) in [4.78, 5) is 2.40. The van der Waals surface area contributed by atoms with E-state index in [1.807, 2.05) is 12.1 Å². The highest BCUT2D eigenvalue weighted by Crippen LogP contribution is 2.21. The molecule has 2 rings (SSSR count). The first-order valence-electron chi connectivity index (χ1n) is 4.68. The van der Waals surface area contributed by atoms with Crippen molar-refractivity contribution in [1.82, 2.24) is 0 Å². The Kier molecular flexibility index (Phi) is 2.74. The molecule has 0 spiro atoms. The Hall–Kier alpha value is -0.690. The minimum absolute atomic E-state index is 0.812. The van der Waals surface area contributed by atoms with Gasteiger partial charge < -0.3 is 4.90 Å². The van der Waals surface area contributed by atoms with E-state index in [0.717, 1.165) is 18.1 Å². The van der Waals surface area contributed by atoms with Crippen molar-refractivity contribution in [1.29, 1.82) is 0 Å². The van der Waals surface area contributed by atoms with Crippen molar-refractivity contribution >= 4 is 17.3 Å². The Morgan fingerprint density at radius 2 is 1.62 bits per heavy atom. The minimum atomic E-state index is 0.812. The molecule has 0 saturated carbocycles. The van der Waals surface area contributed by atoms with Crippen LogP contribution in [0.15, 0.2) is 24.3 Å². The first-order chi connectivity index (χ1) is 6.36. The molecule has 1 heterocycles. The van der Waals surface area contributed by atoms with Crippen molar-refractivity contribution in [3.63, 3.8) is 0 Å². The van der Waals surface area contributed by atoms with Crippen LogP contribution in [0.3, 0.4) is 0 Å². The van der Waals surface area contributed by atoms with Crippen LogP contribution >= 0.6 is 11.6 Å². The van der Waals surface area contributed by atoms with Crippen molar-refractivity contribution in [2.24, 2.45) is 0 Å². The van der Waals surface area contributed by atoms with Gasteiger partial charge in [0.25, 0.3) is 0 Å². The Labute approximate surface area is 84.3 Å². The molecule has 0 atom stereocenters. The molecule has 1 radical (unpaired) electrons. The molecule has 1 aliphatic rings. The summed E-state index contributed by atoms with van der Waals surface area (Å²) in [5, 5.41) is 0.812. The molecule has 0 aliphatic carbocycles. The predicted octanol–water partition coefficient (Wildman–Crippen LogP) is 3.14. The molecule has 0 unspecified atom stereocenters. The van der Waals surface area contributed by atoms with Gasteiger partial charge in [0.15, 0.2) is 0 Å². The van der Waals surface area contributed by atoms with Gasteiger partial charge in [-0.15, -0.1) is 0 Å². The van der Waals surface area contributed by atoms with Crippen LogP contribution in [0.1, 0.15) is 12.8 Å². The van der Waals surface area contributed by atoms with Gasteiger partial charge in [-0.3, -0.25) is 0 Å². The van der Waals surface area contributed by atoms with Crippen molar-refractivity contribution < 1.29 is 0 Å². The van der Waals surface area contributed by atoms with Gasteiger partial charge in [-0.2, -0.15) is 0 Å². The van der Waals surface area contributed by atoms with Crippen molar-refractivity contribution in [3.8, 4) is 0 Å². The second kappa shape index (κ2) is 4.01. The number of anilines is 1. The number of benzene rings is 1. The number of hydrogen-bond donors (Lipinski definition) is 0. The van der Waals surface area contributed by atoms with Crippen LogP contribution in [0.5, 0.6) is 0 Å². The van der Waals surface area contributed by atoms with Gasteiger partial charge in [-0.25, -0.2) is 0 Å². The molecule has 1 nitrogen and oxygen atoms in total. The lowest BCUT2D eigenvalue weighted by molar-refractivity contribution is 0.679. The fourth-order valence-electron chi connectivity index (χ4n) is 1.66. The number of hydrogen-bond acceptors (Lipinski definition) is 1. The zero-order valence-electron chi connectivity index (χ0n) is 7.54. The second-order valence-corrected chi connectivity index (χ2v) is 3.77. The van der Waals surface area contributed by atoms with Crippen LogP contribution in [-0.2, 0) is 0 Å². The molecule has 69 valence electrons. The SMILES string of the molecule is Clc1ccc(N2CC[CH]CC2)cc1. The third-order valence-electron chi connectivity index (χ3n) is 2.40. The molecule has 2 heteroatoms. The molecule has 1 saturated heterocycles. The van der Waals surface area contributed by atoms with E-state index in [1.54, 1.807) is 0 Å². The zero-order chi connectivity index (χ0) is 9.10. The molecule has 1 fully saturated rings. The van der Waals surface area contributed by atoms with Gasteiger partial charge in [0.05, 0.1) is 0 Å². The maximum atomic E-state index is 5.83. The standard InChI is InChI=1S/C11H13ClN/c12-10-4-6-11(7-5-10)13-8-2-1-3-9-13/h1,4-7H,2-3,8-9H2. The van der Waals surface area contributed by atoms with E-state index in [0.29, 0.717) is 0 Å². The lowest BCUT2D eigenvalue weighted by Gasteiger charge is -2.28. The van der Waals surface area contributed by atoms with Crippen LogP contribution in [0, 0.1) is 6.42 Å². The summed E-state index contributed by atoms with van der Waals surface area (Å²) in [5.74, 6) is 0. The number of nitrogens with zero attached hydrogens (tertiary/aromatic N) is 1. The Balaban J connectivity index is 2.10. The highest BCUT2D eigenvalue weighted by atomic mass is 35.5. The third kappa shape index (κ3) is 2.16. The monoisotopic (exact) mass is 194 g/mol. The molecule has 0 N–H and O–H groups in total. The molecule has 1 aromatic rings. The van der Waals surface area contributed by atoms with Gasteiger partial charge in [0.2, 0.25) is 0 Å². The zero-order valence-corrected chi connectivity index (χ0v) is 8.30. The Bertz CT molecular complexity index is 262. The maximum absolute atomic E-state index is 5.83. The molecule has 13 heavy (non-hydrogen) atoms. The lowest BCUT2D eigenvalue weighted by atomic mass is 10.1. The van der Waals surface area contributed by atoms with Crippen molar-refractivity contribution in [2.45, 2.75) is 12.8 Å². The number of piperidine rings is 1. The van der Waals surface area contributed by atoms with E-state index in [4.69, 9.17) is 11.6 Å². The van der Waals surface area contributed by atoms with E-state index >= 15 is 0 Å². The Morgan fingerprint density at radius 1 is 1.00 bits per heavy atom. The number of rotatable bonds is 1. The lowest BCUT2D eigenvalue weighted by Crippen LogP contribution is -2.29. The Morgan fingerprint density at radius 3 is 2.23 bits per heavy atom. The van der Waals surface area contributed by atoms with Crippen LogP contribution < -0.4 is 4.90 Å². The summed E-state index contributed by atoms with van der Waals surface area (Å²) in [7, 11) is 0. The van der Waals surface area contributed by atoms with E-state index in [1.165, 1.54) is 18.5 Å². The van der Waals surface area contributed by atoms with Crippen LogP contribution in [0.25, 0.3) is 0 Å². The molecule has 1 aliphatic heterocycles. The van der Waals surface area contributed by atoms with E-state index in [-0.39, 0.29) is 0 Å². The normalized spacial score (nSPS) is 17.5. The van der Waals surface area contributed by atoms with Gasteiger partial charge in [-0.1, -0.05) is 11.6 Å². The van der Waals surface area contributed by atoms with Crippen LogP contribution in [0.2, 0.25) is 5.02 Å². The van der Waals surface area contributed by atoms with Gasteiger partial charge >= 0.3 is 0 Å². The van der Waals surface area contributed by atoms with Gasteiger partial charge in [-0.05, 0) is 43.5 Å². The predicted molar refractivity (Wildman–Crippen MR) is 57.2 cm³/mol. The summed E-state index contributed by atoms with van der Waals surface area (Å²) in [6, 6.07) is 8.09. The van der Waals surface area contributed by atoms with Crippen LogP contribution in [0.4, 0.5) is 5.69 Å². The fourth-order valence-corrected chi connectivity index (χ4v) is 1.79. The third-order valence-corrected chi connectivity index (χ3v) is 2.65. The summed E-state index contributed by atoms with van der Waals surface area (Å²) in [6.07, 6.45) is 4.75. The highest BCUT2D eigenvalue weighted by molar-refractivity contribution is 6.30. The number of halogens is 1. The fraction of sp³-hybridized carbons (Fsp3) is 0.364. The molecule has 0 amide bonds. The maximum Gasteiger partial charge on any atom is 0.0407 e. The van der Waals surface area contributed by atoms with E-state index < -0.39 is 0 Å². The average Bonchev–Trinajstić information content (AvgIpc) is 2.20. The summed E-state index contributed by atoms with van der Waals surface area (Å²) in [6.45, 7) is 2.28. The average molecular weight is 195 g/mol. The van der Waals surface area contributed by atoms with Gasteiger partial charge in [0, 0.05) is 23.8 Å². The van der Waals surface area contributed by atoms with Gasteiger partial charge in [0.1, 0.15) is 0 Å². The van der Waals surface area contributed by atoms with E-state index in [2.05, 4.69) is 23.5 Å².